The van der Waals surface area contributed by atoms with Crippen LogP contribution in [-0.2, 0) is 4.74 Å². The van der Waals surface area contributed by atoms with Crippen LogP contribution in [0.5, 0.6) is 0 Å². The summed E-state index contributed by atoms with van der Waals surface area (Å²) in [6.45, 7) is 2.14. The lowest BCUT2D eigenvalue weighted by Crippen LogP contribution is -2.49. The number of ether oxygens (including phenoxy) is 1. The Morgan fingerprint density at radius 3 is 2.92 bits per heavy atom. The first-order chi connectivity index (χ1) is 11.4. The summed E-state index contributed by atoms with van der Waals surface area (Å²) in [7, 11) is 0. The van der Waals surface area contributed by atoms with Crippen LogP contribution in [0.1, 0.15) is 36.5 Å². The van der Waals surface area contributed by atoms with E-state index in [4.69, 9.17) is 4.74 Å². The van der Waals surface area contributed by atoms with Crippen molar-refractivity contribution < 1.29 is 22.7 Å². The van der Waals surface area contributed by atoms with Gasteiger partial charge < -0.3 is 9.64 Å². The summed E-state index contributed by atoms with van der Waals surface area (Å²) < 4.78 is 46.1. The van der Waals surface area contributed by atoms with Crippen LogP contribution in [0.4, 0.5) is 19.0 Å². The molecule has 0 aromatic carbocycles. The van der Waals surface area contributed by atoms with E-state index < -0.39 is 18.2 Å². The van der Waals surface area contributed by atoms with Gasteiger partial charge in [-0.05, 0) is 32.3 Å². The average Bonchev–Trinajstić information content (AvgIpc) is 2.97. The Bertz CT molecular complexity index is 744. The topological polar surface area (TPSA) is 59.7 Å². The SMILES string of the molecule is CCOC(=O)c1cnn2ccc(N3CCCCC3C(F)(F)F)nc12. The van der Waals surface area contributed by atoms with Gasteiger partial charge >= 0.3 is 12.1 Å². The van der Waals surface area contributed by atoms with Crippen LogP contribution < -0.4 is 4.90 Å². The minimum Gasteiger partial charge on any atom is -0.462 e. The van der Waals surface area contributed by atoms with Gasteiger partial charge in [0.25, 0.3) is 0 Å². The van der Waals surface area contributed by atoms with Crippen molar-refractivity contribution in [2.45, 2.75) is 38.4 Å². The third-order valence-electron chi connectivity index (χ3n) is 4.02. The summed E-state index contributed by atoms with van der Waals surface area (Å²) in [5, 5.41) is 3.99. The third-order valence-corrected chi connectivity index (χ3v) is 4.02. The lowest BCUT2D eigenvalue weighted by molar-refractivity contribution is -0.152. The molecule has 9 heteroatoms. The zero-order valence-electron chi connectivity index (χ0n) is 13.1. The molecular weight excluding hydrogens is 325 g/mol. The Morgan fingerprint density at radius 2 is 2.21 bits per heavy atom. The number of halogens is 3. The fourth-order valence-electron chi connectivity index (χ4n) is 2.92. The molecule has 1 aliphatic rings. The molecule has 3 heterocycles. The number of carbonyl (C=O) groups is 1. The molecule has 6 nitrogen and oxygen atoms in total. The molecule has 3 rings (SSSR count). The van der Waals surface area contributed by atoms with Crippen LogP contribution >= 0.6 is 0 Å². The predicted molar refractivity (Wildman–Crippen MR) is 80.0 cm³/mol. The summed E-state index contributed by atoms with van der Waals surface area (Å²) >= 11 is 0. The number of alkyl halides is 3. The van der Waals surface area contributed by atoms with Gasteiger partial charge in [-0.3, -0.25) is 0 Å². The van der Waals surface area contributed by atoms with E-state index in [1.807, 2.05) is 0 Å². The number of rotatable bonds is 3. The van der Waals surface area contributed by atoms with Crippen LogP contribution in [0.3, 0.4) is 0 Å². The maximum atomic E-state index is 13.3. The van der Waals surface area contributed by atoms with Gasteiger partial charge in [0.05, 0.1) is 12.8 Å². The molecule has 1 atom stereocenters. The standard InChI is InChI=1S/C15H17F3N4O2/c1-2-24-14(23)10-9-19-22-8-6-12(20-13(10)22)21-7-4-3-5-11(21)15(16,17)18/h6,8-9,11H,2-5,7H2,1H3. The molecule has 0 bridgehead atoms. The Hall–Kier alpha value is -2.32. The minimum atomic E-state index is -4.32. The number of carbonyl (C=O) groups excluding carboxylic acids is 1. The fourth-order valence-corrected chi connectivity index (χ4v) is 2.92. The molecule has 130 valence electrons. The summed E-state index contributed by atoms with van der Waals surface area (Å²) in [6, 6.07) is -0.0749. The molecule has 1 unspecified atom stereocenters. The Labute approximate surface area is 136 Å². The van der Waals surface area contributed by atoms with Gasteiger partial charge in [0.2, 0.25) is 0 Å². The summed E-state index contributed by atoms with van der Waals surface area (Å²) in [6.07, 6.45) is -0.268. The fraction of sp³-hybridized carbons (Fsp3) is 0.533. The second kappa shape index (κ2) is 6.29. The van der Waals surface area contributed by atoms with E-state index in [1.54, 1.807) is 6.92 Å². The average molecular weight is 342 g/mol. The molecule has 0 amide bonds. The normalized spacial score (nSPS) is 18.8. The van der Waals surface area contributed by atoms with Crippen molar-refractivity contribution in [3.05, 3.63) is 24.0 Å². The highest BCUT2D eigenvalue weighted by Crippen LogP contribution is 2.34. The second-order valence-corrected chi connectivity index (χ2v) is 5.58. The molecular formula is C15H17F3N4O2. The molecule has 1 aliphatic heterocycles. The van der Waals surface area contributed by atoms with E-state index in [-0.39, 0.29) is 36.6 Å². The zero-order valence-corrected chi connectivity index (χ0v) is 13.1. The predicted octanol–water partition coefficient (Wildman–Crippen LogP) is 2.83. The van der Waals surface area contributed by atoms with E-state index in [9.17, 15) is 18.0 Å². The van der Waals surface area contributed by atoms with Crippen molar-refractivity contribution in [1.29, 1.82) is 0 Å². The van der Waals surface area contributed by atoms with Crippen molar-refractivity contribution in [3.8, 4) is 0 Å². The molecule has 1 fully saturated rings. The first kappa shape index (κ1) is 16.5. The summed E-state index contributed by atoms with van der Waals surface area (Å²) in [5.41, 5.74) is 0.330. The van der Waals surface area contributed by atoms with E-state index in [0.717, 1.165) is 0 Å². The number of fused-ring (bicyclic) bond motifs is 1. The maximum Gasteiger partial charge on any atom is 0.408 e. The van der Waals surface area contributed by atoms with Gasteiger partial charge in [0, 0.05) is 12.7 Å². The van der Waals surface area contributed by atoms with Gasteiger partial charge in [-0.25, -0.2) is 14.3 Å². The smallest absolute Gasteiger partial charge is 0.408 e. The molecule has 0 radical (unpaired) electrons. The lowest BCUT2D eigenvalue weighted by atomic mass is 10.0. The minimum absolute atomic E-state index is 0.0420. The monoisotopic (exact) mass is 342 g/mol. The van der Waals surface area contributed by atoms with Gasteiger partial charge in [0.15, 0.2) is 5.65 Å². The lowest BCUT2D eigenvalue weighted by Gasteiger charge is -2.37. The van der Waals surface area contributed by atoms with Crippen LogP contribution in [0.15, 0.2) is 18.5 Å². The van der Waals surface area contributed by atoms with Gasteiger partial charge in [0.1, 0.15) is 17.4 Å². The van der Waals surface area contributed by atoms with Crippen molar-refractivity contribution in [2.75, 3.05) is 18.1 Å². The second-order valence-electron chi connectivity index (χ2n) is 5.58. The molecule has 0 N–H and O–H groups in total. The number of nitrogens with zero attached hydrogens (tertiary/aromatic N) is 4. The number of aromatic nitrogens is 3. The van der Waals surface area contributed by atoms with Crippen molar-refractivity contribution in [1.82, 2.24) is 14.6 Å². The maximum absolute atomic E-state index is 13.3. The number of piperidine rings is 1. The largest absolute Gasteiger partial charge is 0.462 e. The van der Waals surface area contributed by atoms with Gasteiger partial charge in [-0.15, -0.1) is 0 Å². The first-order valence-corrected chi connectivity index (χ1v) is 7.76. The highest BCUT2D eigenvalue weighted by molar-refractivity contribution is 5.95. The highest BCUT2D eigenvalue weighted by Gasteiger charge is 2.45. The van der Waals surface area contributed by atoms with Crippen molar-refractivity contribution in [3.63, 3.8) is 0 Å². The molecule has 1 saturated heterocycles. The van der Waals surface area contributed by atoms with E-state index in [0.29, 0.717) is 12.8 Å². The van der Waals surface area contributed by atoms with Crippen LogP contribution in [0.25, 0.3) is 5.65 Å². The number of hydrogen-bond donors (Lipinski definition) is 0. The Kier molecular flexibility index (Phi) is 4.33. The van der Waals surface area contributed by atoms with Crippen LogP contribution in [0, 0.1) is 0 Å². The number of esters is 1. The molecule has 0 aliphatic carbocycles. The molecule has 2 aromatic heterocycles. The summed E-state index contributed by atoms with van der Waals surface area (Å²) in [5.74, 6) is -0.404. The van der Waals surface area contributed by atoms with E-state index in [2.05, 4.69) is 10.1 Å². The summed E-state index contributed by atoms with van der Waals surface area (Å²) in [4.78, 5) is 17.4. The van der Waals surface area contributed by atoms with Crippen molar-refractivity contribution >= 4 is 17.4 Å². The number of hydrogen-bond acceptors (Lipinski definition) is 5. The van der Waals surface area contributed by atoms with Gasteiger partial charge in [-0.1, -0.05) is 0 Å². The van der Waals surface area contributed by atoms with E-state index >= 15 is 0 Å². The molecule has 2 aromatic rings. The Balaban J connectivity index is 2.00. The number of anilines is 1. The molecule has 24 heavy (non-hydrogen) atoms. The molecule has 0 saturated carbocycles. The zero-order chi connectivity index (χ0) is 17.3. The quantitative estimate of drug-likeness (QED) is 0.803. The van der Waals surface area contributed by atoms with Crippen LogP contribution in [0.2, 0.25) is 0 Å². The van der Waals surface area contributed by atoms with Gasteiger partial charge in [-0.2, -0.15) is 18.3 Å². The van der Waals surface area contributed by atoms with Crippen LogP contribution in [-0.4, -0.2) is 45.9 Å². The Morgan fingerprint density at radius 1 is 1.42 bits per heavy atom. The van der Waals surface area contributed by atoms with Crippen molar-refractivity contribution in [2.24, 2.45) is 0 Å². The highest BCUT2D eigenvalue weighted by atomic mass is 19.4. The van der Waals surface area contributed by atoms with E-state index in [1.165, 1.54) is 27.9 Å². The molecule has 0 spiro atoms. The first-order valence-electron chi connectivity index (χ1n) is 7.76. The third kappa shape index (κ3) is 3.02.